The molecule has 8 heteroatoms. The van der Waals surface area contributed by atoms with Gasteiger partial charge in [-0.25, -0.2) is 4.79 Å². The van der Waals surface area contributed by atoms with Gasteiger partial charge >= 0.3 is 6.03 Å². The summed E-state index contributed by atoms with van der Waals surface area (Å²) in [7, 11) is 1.54. The van der Waals surface area contributed by atoms with Crippen LogP contribution in [0.25, 0.3) is 0 Å². The number of hydrogen-bond donors (Lipinski definition) is 0. The van der Waals surface area contributed by atoms with Gasteiger partial charge in [-0.05, 0) is 0 Å². The number of carbonyl (C=O) groups is 1. The molecule has 2 amide bonds. The number of amides is 2. The molecule has 0 N–H and O–H groups in total. The van der Waals surface area contributed by atoms with Crippen LogP contribution in [0.5, 0.6) is 11.8 Å². The van der Waals surface area contributed by atoms with Crippen LogP contribution < -0.4 is 9.47 Å². The minimum Gasteiger partial charge on any atom is -0.480 e. The Morgan fingerprint density at radius 3 is 2.59 bits per heavy atom. The SMILES string of the molecule is COc1ccc(O[C@H]2CCN(C(=O)N3CCOCC3)C2)nn1. The molecule has 8 nitrogen and oxygen atoms in total. The van der Waals surface area contributed by atoms with Crippen molar-refractivity contribution in [3.05, 3.63) is 12.1 Å². The van der Waals surface area contributed by atoms with Crippen molar-refractivity contribution in [2.45, 2.75) is 12.5 Å². The molecule has 2 fully saturated rings. The van der Waals surface area contributed by atoms with Gasteiger partial charge in [0, 0.05) is 38.2 Å². The van der Waals surface area contributed by atoms with Crippen LogP contribution in [0.2, 0.25) is 0 Å². The fraction of sp³-hybridized carbons (Fsp3) is 0.643. The average molecular weight is 308 g/mol. The third-order valence-corrected chi connectivity index (χ3v) is 3.81. The summed E-state index contributed by atoms with van der Waals surface area (Å²) < 4.78 is 16.0. The minimum atomic E-state index is -0.0484. The van der Waals surface area contributed by atoms with Crippen molar-refractivity contribution in [2.24, 2.45) is 0 Å². The van der Waals surface area contributed by atoms with E-state index in [9.17, 15) is 4.79 Å². The van der Waals surface area contributed by atoms with Gasteiger partial charge in [0.15, 0.2) is 0 Å². The summed E-state index contributed by atoms with van der Waals surface area (Å²) in [4.78, 5) is 16.0. The first-order valence-corrected chi connectivity index (χ1v) is 7.42. The Balaban J connectivity index is 1.51. The highest BCUT2D eigenvalue weighted by molar-refractivity contribution is 5.74. The summed E-state index contributed by atoms with van der Waals surface area (Å²) in [5.74, 6) is 0.898. The van der Waals surface area contributed by atoms with E-state index in [2.05, 4.69) is 10.2 Å². The van der Waals surface area contributed by atoms with Crippen molar-refractivity contribution < 1.29 is 19.0 Å². The molecule has 0 saturated carbocycles. The number of likely N-dealkylation sites (tertiary alicyclic amines) is 1. The normalized spacial score (nSPS) is 21.8. The number of nitrogens with zero attached hydrogens (tertiary/aromatic N) is 4. The van der Waals surface area contributed by atoms with Gasteiger partial charge in [0.2, 0.25) is 11.8 Å². The van der Waals surface area contributed by atoms with Crippen LogP contribution in [0.4, 0.5) is 4.79 Å². The largest absolute Gasteiger partial charge is 0.480 e. The first-order chi connectivity index (χ1) is 10.8. The molecular weight excluding hydrogens is 288 g/mol. The van der Waals surface area contributed by atoms with Crippen LogP contribution >= 0.6 is 0 Å². The van der Waals surface area contributed by atoms with E-state index >= 15 is 0 Å². The molecule has 3 heterocycles. The average Bonchev–Trinajstić information content (AvgIpc) is 3.04. The summed E-state index contributed by atoms with van der Waals surface area (Å²) in [6.45, 7) is 3.81. The number of carbonyl (C=O) groups excluding carboxylic acids is 1. The number of urea groups is 1. The van der Waals surface area contributed by atoms with E-state index in [-0.39, 0.29) is 12.1 Å². The van der Waals surface area contributed by atoms with E-state index in [0.29, 0.717) is 51.2 Å². The molecule has 2 saturated heterocycles. The molecule has 2 aliphatic rings. The summed E-state index contributed by atoms with van der Waals surface area (Å²) in [6.07, 6.45) is 0.747. The van der Waals surface area contributed by atoms with Crippen molar-refractivity contribution in [2.75, 3.05) is 46.5 Å². The fourth-order valence-electron chi connectivity index (χ4n) is 2.60. The Morgan fingerprint density at radius 1 is 1.18 bits per heavy atom. The van der Waals surface area contributed by atoms with Crippen molar-refractivity contribution in [1.82, 2.24) is 20.0 Å². The molecule has 0 aliphatic carbocycles. The molecule has 120 valence electrons. The zero-order valence-corrected chi connectivity index (χ0v) is 12.6. The smallest absolute Gasteiger partial charge is 0.320 e. The maximum absolute atomic E-state index is 12.4. The molecule has 1 aromatic heterocycles. The van der Waals surface area contributed by atoms with Crippen LogP contribution in [-0.2, 0) is 4.74 Å². The third kappa shape index (κ3) is 3.38. The van der Waals surface area contributed by atoms with Crippen molar-refractivity contribution in [3.8, 4) is 11.8 Å². The lowest BCUT2D eigenvalue weighted by Crippen LogP contribution is -2.47. The molecule has 0 bridgehead atoms. The number of aromatic nitrogens is 2. The Hall–Kier alpha value is -2.09. The Kier molecular flexibility index (Phi) is 4.57. The summed E-state index contributed by atoms with van der Waals surface area (Å²) in [5, 5.41) is 7.81. The van der Waals surface area contributed by atoms with Crippen molar-refractivity contribution in [1.29, 1.82) is 0 Å². The number of ether oxygens (including phenoxy) is 3. The molecule has 22 heavy (non-hydrogen) atoms. The van der Waals surface area contributed by atoms with E-state index in [1.54, 1.807) is 12.1 Å². The minimum absolute atomic E-state index is 0.0484. The first kappa shape index (κ1) is 14.8. The van der Waals surface area contributed by atoms with E-state index in [4.69, 9.17) is 14.2 Å². The second-order valence-corrected chi connectivity index (χ2v) is 5.27. The predicted molar refractivity (Wildman–Crippen MR) is 77.0 cm³/mol. The molecule has 1 atom stereocenters. The zero-order chi connectivity index (χ0) is 15.4. The van der Waals surface area contributed by atoms with E-state index in [0.717, 1.165) is 6.42 Å². The van der Waals surface area contributed by atoms with Crippen LogP contribution in [0.3, 0.4) is 0 Å². The highest BCUT2D eigenvalue weighted by Gasteiger charge is 2.31. The standard InChI is InChI=1S/C14H20N4O4/c1-20-12-2-3-13(16-15-12)22-11-4-5-18(10-11)14(19)17-6-8-21-9-7-17/h2-3,11H,4-10H2,1H3/t11-/m0/s1. The van der Waals surface area contributed by atoms with Gasteiger partial charge in [0.05, 0.1) is 26.9 Å². The summed E-state index contributed by atoms with van der Waals surface area (Å²) in [5.41, 5.74) is 0. The van der Waals surface area contributed by atoms with Gasteiger partial charge in [-0.1, -0.05) is 0 Å². The van der Waals surface area contributed by atoms with Gasteiger partial charge in [0.1, 0.15) is 6.10 Å². The van der Waals surface area contributed by atoms with Crippen molar-refractivity contribution >= 4 is 6.03 Å². The molecule has 3 rings (SSSR count). The second kappa shape index (κ2) is 6.78. The molecule has 2 aliphatic heterocycles. The van der Waals surface area contributed by atoms with Crippen LogP contribution in [0.1, 0.15) is 6.42 Å². The first-order valence-electron chi connectivity index (χ1n) is 7.42. The van der Waals surface area contributed by atoms with E-state index < -0.39 is 0 Å². The summed E-state index contributed by atoms with van der Waals surface area (Å²) in [6, 6.07) is 3.49. The molecule has 1 aromatic rings. The summed E-state index contributed by atoms with van der Waals surface area (Å²) >= 11 is 0. The maximum atomic E-state index is 12.4. The number of rotatable bonds is 3. The van der Waals surface area contributed by atoms with Crippen LogP contribution in [0, 0.1) is 0 Å². The molecule has 0 unspecified atom stereocenters. The van der Waals surface area contributed by atoms with Gasteiger partial charge in [-0.2, -0.15) is 0 Å². The van der Waals surface area contributed by atoms with Gasteiger partial charge < -0.3 is 24.0 Å². The zero-order valence-electron chi connectivity index (χ0n) is 12.6. The Bertz CT molecular complexity index is 504. The van der Waals surface area contributed by atoms with E-state index in [1.165, 1.54) is 7.11 Å². The number of methoxy groups -OCH3 is 1. The highest BCUT2D eigenvalue weighted by Crippen LogP contribution is 2.18. The molecule has 0 aromatic carbocycles. The van der Waals surface area contributed by atoms with Gasteiger partial charge in [-0.3, -0.25) is 0 Å². The molecular formula is C14H20N4O4. The maximum Gasteiger partial charge on any atom is 0.320 e. The van der Waals surface area contributed by atoms with Crippen LogP contribution in [-0.4, -0.2) is 78.6 Å². The highest BCUT2D eigenvalue weighted by atomic mass is 16.5. The molecule has 0 radical (unpaired) electrons. The predicted octanol–water partition coefficient (Wildman–Crippen LogP) is 0.390. The molecule has 0 spiro atoms. The van der Waals surface area contributed by atoms with Crippen molar-refractivity contribution in [3.63, 3.8) is 0 Å². The Labute approximate surface area is 128 Å². The third-order valence-electron chi connectivity index (χ3n) is 3.81. The van der Waals surface area contributed by atoms with E-state index in [1.807, 2.05) is 9.80 Å². The Morgan fingerprint density at radius 2 is 1.91 bits per heavy atom. The van der Waals surface area contributed by atoms with Gasteiger partial charge in [0.25, 0.3) is 0 Å². The topological polar surface area (TPSA) is 77.0 Å². The number of hydrogen-bond acceptors (Lipinski definition) is 6. The lowest BCUT2D eigenvalue weighted by atomic mass is 10.3. The lowest BCUT2D eigenvalue weighted by molar-refractivity contribution is 0.0443. The monoisotopic (exact) mass is 308 g/mol. The van der Waals surface area contributed by atoms with Gasteiger partial charge in [-0.15, -0.1) is 10.2 Å². The quantitative estimate of drug-likeness (QED) is 0.804. The number of morpholine rings is 1. The fourth-order valence-corrected chi connectivity index (χ4v) is 2.60. The van der Waals surface area contributed by atoms with Crippen LogP contribution in [0.15, 0.2) is 12.1 Å². The lowest BCUT2D eigenvalue weighted by Gasteiger charge is -2.30. The second-order valence-electron chi connectivity index (χ2n) is 5.27.